The van der Waals surface area contributed by atoms with Crippen LogP contribution in [0.25, 0.3) is 11.5 Å². The van der Waals surface area contributed by atoms with Crippen molar-refractivity contribution in [2.24, 2.45) is 0 Å². The van der Waals surface area contributed by atoms with E-state index in [0.29, 0.717) is 40.4 Å². The minimum atomic E-state index is -5.93. The Morgan fingerprint density at radius 3 is 2.37 bits per heavy atom. The maximum absolute atomic E-state index is 13.3. The highest BCUT2D eigenvalue weighted by Crippen LogP contribution is 2.51. The number of methoxy groups -OCH3 is 1. The smallest absolute Gasteiger partial charge is 0.430 e. The number of hydrogen-bond donors (Lipinski definition) is 1. The summed E-state index contributed by atoms with van der Waals surface area (Å²) in [5, 5.41) is 9.75. The van der Waals surface area contributed by atoms with Crippen LogP contribution in [0.15, 0.2) is 46.9 Å². The quantitative estimate of drug-likeness (QED) is 0.441. The van der Waals surface area contributed by atoms with Crippen molar-refractivity contribution in [1.29, 1.82) is 0 Å². The third kappa shape index (κ3) is 4.11. The first-order valence-electron chi connectivity index (χ1n) is 10.6. The summed E-state index contributed by atoms with van der Waals surface area (Å²) in [5.74, 6) is 1.42. The Kier molecular flexibility index (Phi) is 6.03. The van der Waals surface area contributed by atoms with E-state index >= 15 is 0 Å². The first-order valence-corrected chi connectivity index (χ1v) is 10.6. The van der Waals surface area contributed by atoms with E-state index in [1.54, 1.807) is 38.1 Å². The van der Waals surface area contributed by atoms with Crippen LogP contribution in [0.1, 0.15) is 29.5 Å². The zero-order chi connectivity index (χ0) is 25.8. The molecule has 11 heteroatoms. The van der Waals surface area contributed by atoms with Gasteiger partial charge in [-0.3, -0.25) is 0 Å². The molecule has 4 rings (SSSR count). The molecule has 0 amide bonds. The lowest BCUT2D eigenvalue weighted by Crippen LogP contribution is -2.53. The fourth-order valence-electron chi connectivity index (χ4n) is 4.32. The maximum atomic E-state index is 13.3. The molecule has 0 spiro atoms. The Labute approximate surface area is 196 Å². The lowest BCUT2D eigenvalue weighted by Gasteiger charge is -2.33. The van der Waals surface area contributed by atoms with Crippen LogP contribution in [0, 0.1) is 6.92 Å². The van der Waals surface area contributed by atoms with E-state index in [4.69, 9.17) is 9.15 Å². The van der Waals surface area contributed by atoms with Crippen LogP contribution >= 0.6 is 0 Å². The van der Waals surface area contributed by atoms with Crippen molar-refractivity contribution in [1.82, 2.24) is 4.98 Å². The monoisotopic (exact) mass is 500 g/mol. The van der Waals surface area contributed by atoms with Crippen LogP contribution in [-0.2, 0) is 18.6 Å². The van der Waals surface area contributed by atoms with Crippen LogP contribution in [0.3, 0.4) is 0 Å². The Hall–Kier alpha value is -3.21. The molecule has 0 saturated heterocycles. The maximum Gasteiger partial charge on any atom is 0.430 e. The fourth-order valence-corrected chi connectivity index (χ4v) is 4.32. The fraction of sp³-hybridized carbons (Fsp3) is 0.375. The molecule has 2 heterocycles. The number of para-hydroxylation sites is 1. The standard InChI is InChI=1S/C24H22F6N2O3/c1-13-10-15-11-16(22(33,23(25,26)27)24(28,29)30)8-9-19(15)32(13)12-18-14(2)35-21(31-18)17-6-4-5-7-20(17)34-3/h4-9,11,13,33H,10,12H2,1-3H3. The summed E-state index contributed by atoms with van der Waals surface area (Å²) in [7, 11) is 1.52. The minimum Gasteiger partial charge on any atom is -0.496 e. The van der Waals surface area contributed by atoms with Crippen molar-refractivity contribution in [3.05, 3.63) is 65.0 Å². The highest BCUT2D eigenvalue weighted by molar-refractivity contribution is 5.64. The van der Waals surface area contributed by atoms with Crippen molar-refractivity contribution in [2.75, 3.05) is 12.0 Å². The van der Waals surface area contributed by atoms with E-state index in [-0.39, 0.29) is 24.6 Å². The van der Waals surface area contributed by atoms with Gasteiger partial charge < -0.3 is 19.2 Å². The molecule has 0 radical (unpaired) electrons. The van der Waals surface area contributed by atoms with Gasteiger partial charge in [0.25, 0.3) is 5.60 Å². The highest BCUT2D eigenvalue weighted by Gasteiger charge is 2.71. The van der Waals surface area contributed by atoms with Gasteiger partial charge in [0.2, 0.25) is 5.89 Å². The van der Waals surface area contributed by atoms with E-state index < -0.39 is 23.5 Å². The molecule has 0 fully saturated rings. The molecule has 3 aromatic rings. The van der Waals surface area contributed by atoms with E-state index in [1.165, 1.54) is 13.2 Å². The molecule has 1 aliphatic rings. The number of rotatable bonds is 5. The average Bonchev–Trinajstić information content (AvgIpc) is 3.30. The zero-order valence-electron chi connectivity index (χ0n) is 19.0. The molecule has 1 aliphatic heterocycles. The Morgan fingerprint density at radius 2 is 1.74 bits per heavy atom. The number of oxazole rings is 1. The second kappa shape index (κ2) is 8.47. The molecule has 1 aromatic heterocycles. The molecule has 1 unspecified atom stereocenters. The van der Waals surface area contributed by atoms with Crippen molar-refractivity contribution in [3.63, 3.8) is 0 Å². The van der Waals surface area contributed by atoms with Gasteiger partial charge >= 0.3 is 12.4 Å². The van der Waals surface area contributed by atoms with Gasteiger partial charge in [-0.25, -0.2) is 4.98 Å². The number of hydrogen-bond acceptors (Lipinski definition) is 5. The summed E-state index contributed by atoms with van der Waals surface area (Å²) in [5.41, 5.74) is -4.28. The van der Waals surface area contributed by atoms with Gasteiger partial charge in [-0.2, -0.15) is 26.3 Å². The third-order valence-electron chi connectivity index (χ3n) is 6.22. The van der Waals surface area contributed by atoms with Gasteiger partial charge in [-0.1, -0.05) is 24.3 Å². The molecule has 0 bridgehead atoms. The second-order valence-corrected chi connectivity index (χ2v) is 8.45. The summed E-state index contributed by atoms with van der Waals surface area (Å²) < 4.78 is 91.0. The first kappa shape index (κ1) is 24.9. The summed E-state index contributed by atoms with van der Waals surface area (Å²) >= 11 is 0. The predicted octanol–water partition coefficient (Wildman–Crippen LogP) is 5.92. The normalized spacial score (nSPS) is 16.5. The molecule has 5 nitrogen and oxygen atoms in total. The number of aromatic nitrogens is 1. The number of fused-ring (bicyclic) bond motifs is 1. The molecule has 0 aliphatic carbocycles. The number of aryl methyl sites for hydroxylation is 1. The van der Waals surface area contributed by atoms with Crippen LogP contribution in [-0.4, -0.2) is 35.6 Å². The molecule has 2 aromatic carbocycles. The van der Waals surface area contributed by atoms with Crippen molar-refractivity contribution >= 4 is 5.69 Å². The average molecular weight is 500 g/mol. The molecule has 1 atom stereocenters. The lowest BCUT2D eigenvalue weighted by atomic mass is 9.90. The van der Waals surface area contributed by atoms with Crippen LogP contribution in [0.2, 0.25) is 0 Å². The second-order valence-electron chi connectivity index (χ2n) is 8.45. The van der Waals surface area contributed by atoms with Crippen LogP contribution in [0.4, 0.5) is 32.0 Å². The minimum absolute atomic E-state index is 0.200. The third-order valence-corrected chi connectivity index (χ3v) is 6.22. The number of benzene rings is 2. The molecule has 1 N–H and O–H groups in total. The Morgan fingerprint density at radius 1 is 1.09 bits per heavy atom. The SMILES string of the molecule is COc1ccccc1-c1nc(CN2c3ccc(C(O)(C(F)(F)F)C(F)(F)F)cc3CC2C)c(C)o1. The van der Waals surface area contributed by atoms with Gasteiger partial charge in [-0.05, 0) is 44.0 Å². The summed E-state index contributed by atoms with van der Waals surface area (Å²) in [6, 6.07) is 9.53. The molecule has 0 saturated carbocycles. The van der Waals surface area contributed by atoms with Gasteiger partial charge in [0.15, 0.2) is 0 Å². The number of alkyl halides is 6. The summed E-state index contributed by atoms with van der Waals surface area (Å²) in [6.45, 7) is 3.75. The lowest BCUT2D eigenvalue weighted by molar-refractivity contribution is -0.376. The van der Waals surface area contributed by atoms with Crippen LogP contribution in [0.5, 0.6) is 5.75 Å². The van der Waals surface area contributed by atoms with E-state index in [1.807, 2.05) is 4.90 Å². The number of aliphatic hydroxyl groups is 1. The van der Waals surface area contributed by atoms with E-state index in [0.717, 1.165) is 6.07 Å². The number of halogens is 6. The van der Waals surface area contributed by atoms with Gasteiger partial charge in [-0.15, -0.1) is 0 Å². The summed E-state index contributed by atoms with van der Waals surface area (Å²) in [4.78, 5) is 6.38. The van der Waals surface area contributed by atoms with Crippen molar-refractivity contribution in [3.8, 4) is 17.2 Å². The van der Waals surface area contributed by atoms with Gasteiger partial charge in [0, 0.05) is 17.3 Å². The number of ether oxygens (including phenoxy) is 1. The van der Waals surface area contributed by atoms with Gasteiger partial charge in [0.1, 0.15) is 17.2 Å². The van der Waals surface area contributed by atoms with Crippen molar-refractivity contribution < 1.29 is 40.6 Å². The van der Waals surface area contributed by atoms with E-state index in [2.05, 4.69) is 4.98 Å². The summed E-state index contributed by atoms with van der Waals surface area (Å²) in [6.07, 6.45) is -11.7. The van der Waals surface area contributed by atoms with E-state index in [9.17, 15) is 31.4 Å². The number of nitrogens with zero attached hydrogens (tertiary/aromatic N) is 2. The van der Waals surface area contributed by atoms with Crippen LogP contribution < -0.4 is 9.64 Å². The molecule has 35 heavy (non-hydrogen) atoms. The van der Waals surface area contributed by atoms with Crippen molar-refractivity contribution in [2.45, 2.75) is 50.8 Å². The highest BCUT2D eigenvalue weighted by atomic mass is 19.4. The van der Waals surface area contributed by atoms with Gasteiger partial charge in [0.05, 0.1) is 19.2 Å². The number of anilines is 1. The molecular formula is C24H22F6N2O3. The molecular weight excluding hydrogens is 478 g/mol. The zero-order valence-corrected chi connectivity index (χ0v) is 19.0. The molecule has 188 valence electrons. The first-order chi connectivity index (χ1) is 16.3. The largest absolute Gasteiger partial charge is 0.496 e. The Bertz CT molecular complexity index is 1220. The topological polar surface area (TPSA) is 58.7 Å². The predicted molar refractivity (Wildman–Crippen MR) is 115 cm³/mol. The Balaban J connectivity index is 1.67.